The number of hydrogen-bond donors (Lipinski definition) is 2. The Balaban J connectivity index is 0.000000216. The first-order valence-electron chi connectivity index (χ1n) is 11.0. The summed E-state index contributed by atoms with van der Waals surface area (Å²) in [5, 5.41) is 11.7. The molecule has 39 heavy (non-hydrogen) atoms. The summed E-state index contributed by atoms with van der Waals surface area (Å²) < 4.78 is 65.9. The van der Waals surface area contributed by atoms with Crippen LogP contribution in [0.25, 0.3) is 0 Å². The zero-order valence-electron chi connectivity index (χ0n) is 20.5. The molecule has 0 fully saturated rings. The predicted octanol–water partition coefficient (Wildman–Crippen LogP) is 2.89. The number of benzene rings is 2. The van der Waals surface area contributed by atoms with Gasteiger partial charge in [-0.3, -0.25) is 19.0 Å². The highest BCUT2D eigenvalue weighted by molar-refractivity contribution is 6.37. The van der Waals surface area contributed by atoms with Crippen LogP contribution in [0.1, 0.15) is 38.5 Å². The van der Waals surface area contributed by atoms with Gasteiger partial charge in [-0.05, 0) is 12.1 Å². The van der Waals surface area contributed by atoms with Gasteiger partial charge >= 0.3 is 6.18 Å². The van der Waals surface area contributed by atoms with E-state index in [1.165, 1.54) is 37.1 Å². The van der Waals surface area contributed by atoms with Crippen molar-refractivity contribution in [3.05, 3.63) is 83.4 Å². The van der Waals surface area contributed by atoms with Gasteiger partial charge in [0.05, 0.1) is 11.1 Å². The topological polar surface area (TPSA) is 93.8 Å². The average Bonchev–Trinajstić information content (AvgIpc) is 3.45. The van der Waals surface area contributed by atoms with Crippen molar-refractivity contribution < 1.29 is 31.5 Å². The average molecular weight is 540 g/mol. The van der Waals surface area contributed by atoms with Crippen LogP contribution < -0.4 is 21.6 Å². The van der Waals surface area contributed by atoms with Gasteiger partial charge in [-0.15, -0.1) is 0 Å². The van der Waals surface area contributed by atoms with E-state index in [1.54, 1.807) is 36.4 Å². The molecule has 15 heteroatoms. The SMILES string of the molecule is [B]c1ccccc1NC(=O)c1cn(C)nc1C(F)(F)F.[B]c1ccccc1NC(=O)c1cn(C)nc1C(F)F. The third-order valence-electron chi connectivity index (χ3n) is 5.07. The minimum Gasteiger partial charge on any atom is -0.322 e. The minimum atomic E-state index is -4.70. The maximum atomic E-state index is 12.8. The number of carbonyl (C=O) groups is 2. The van der Waals surface area contributed by atoms with E-state index in [-0.39, 0.29) is 16.7 Å². The maximum Gasteiger partial charge on any atom is 0.435 e. The molecule has 0 unspecified atom stereocenters. The van der Waals surface area contributed by atoms with E-state index in [0.717, 1.165) is 10.9 Å². The molecule has 2 aromatic carbocycles. The lowest BCUT2D eigenvalue weighted by Crippen LogP contribution is -2.21. The Hall–Kier alpha value is -4.42. The Morgan fingerprint density at radius 1 is 0.795 bits per heavy atom. The summed E-state index contributed by atoms with van der Waals surface area (Å²) in [4.78, 5) is 23.9. The number of nitrogens with zero attached hydrogens (tertiary/aromatic N) is 4. The van der Waals surface area contributed by atoms with Crippen molar-refractivity contribution in [3.8, 4) is 0 Å². The van der Waals surface area contributed by atoms with Crippen molar-refractivity contribution in [2.24, 2.45) is 14.1 Å². The lowest BCUT2D eigenvalue weighted by molar-refractivity contribution is -0.141. The molecule has 0 bridgehead atoms. The van der Waals surface area contributed by atoms with Crippen molar-refractivity contribution in [3.63, 3.8) is 0 Å². The van der Waals surface area contributed by atoms with Crippen LogP contribution in [0.5, 0.6) is 0 Å². The zero-order valence-corrected chi connectivity index (χ0v) is 20.5. The van der Waals surface area contributed by atoms with Gasteiger partial charge in [0, 0.05) is 37.9 Å². The normalized spacial score (nSPS) is 11.1. The third kappa shape index (κ3) is 7.33. The molecule has 0 saturated carbocycles. The fourth-order valence-electron chi connectivity index (χ4n) is 3.31. The summed E-state index contributed by atoms with van der Waals surface area (Å²) in [6.07, 6.45) is -5.25. The minimum absolute atomic E-state index is 0.166. The number of para-hydroxylation sites is 2. The third-order valence-corrected chi connectivity index (χ3v) is 5.07. The van der Waals surface area contributed by atoms with Gasteiger partial charge in [-0.2, -0.15) is 23.4 Å². The van der Waals surface area contributed by atoms with Crippen LogP contribution in [0.2, 0.25) is 0 Å². The zero-order chi connectivity index (χ0) is 28.9. The second-order valence-electron chi connectivity index (χ2n) is 8.05. The van der Waals surface area contributed by atoms with E-state index in [4.69, 9.17) is 15.7 Å². The van der Waals surface area contributed by atoms with Crippen molar-refractivity contribution in [1.29, 1.82) is 0 Å². The largest absolute Gasteiger partial charge is 0.435 e. The van der Waals surface area contributed by atoms with Gasteiger partial charge in [-0.25, -0.2) is 8.78 Å². The summed E-state index contributed by atoms with van der Waals surface area (Å²) in [7, 11) is 14.1. The first kappa shape index (κ1) is 29.1. The predicted molar refractivity (Wildman–Crippen MR) is 136 cm³/mol. The number of aryl methyl sites for hydroxylation is 2. The smallest absolute Gasteiger partial charge is 0.322 e. The first-order chi connectivity index (χ1) is 18.3. The van der Waals surface area contributed by atoms with Crippen LogP contribution in [-0.4, -0.2) is 47.1 Å². The second-order valence-corrected chi connectivity index (χ2v) is 8.05. The maximum absolute atomic E-state index is 12.8. The fraction of sp³-hybridized carbons (Fsp3) is 0.167. The van der Waals surface area contributed by atoms with Gasteiger partial charge in [0.25, 0.3) is 18.2 Å². The number of aromatic nitrogens is 4. The van der Waals surface area contributed by atoms with Gasteiger partial charge in [0.15, 0.2) is 5.69 Å². The molecular weight excluding hydrogens is 521 g/mol. The molecular formula is C24H19B2F5N6O2. The van der Waals surface area contributed by atoms with Crippen LogP contribution in [-0.2, 0) is 20.3 Å². The molecule has 198 valence electrons. The number of alkyl halides is 5. The van der Waals surface area contributed by atoms with Gasteiger partial charge in [0.2, 0.25) is 0 Å². The molecule has 2 aromatic heterocycles. The van der Waals surface area contributed by atoms with E-state index in [1.807, 2.05) is 0 Å². The number of rotatable bonds is 5. The number of halogens is 5. The summed E-state index contributed by atoms with van der Waals surface area (Å²) in [5.41, 5.74) is -1.26. The molecule has 4 radical (unpaired) electrons. The van der Waals surface area contributed by atoms with Crippen molar-refractivity contribution in [1.82, 2.24) is 19.6 Å². The second kappa shape index (κ2) is 12.0. The van der Waals surface area contributed by atoms with Gasteiger partial charge in [-0.1, -0.05) is 47.3 Å². The lowest BCUT2D eigenvalue weighted by Gasteiger charge is -2.09. The fourth-order valence-corrected chi connectivity index (χ4v) is 3.31. The summed E-state index contributed by atoms with van der Waals surface area (Å²) in [6, 6.07) is 12.9. The first-order valence-corrected chi connectivity index (χ1v) is 11.0. The molecule has 0 aliphatic carbocycles. The van der Waals surface area contributed by atoms with Crippen LogP contribution in [0.4, 0.5) is 33.3 Å². The summed E-state index contributed by atoms with van der Waals surface area (Å²) in [5.74, 6) is -1.58. The van der Waals surface area contributed by atoms with Crippen molar-refractivity contribution in [2.45, 2.75) is 12.6 Å². The van der Waals surface area contributed by atoms with Gasteiger partial charge in [0.1, 0.15) is 21.4 Å². The monoisotopic (exact) mass is 540 g/mol. The van der Waals surface area contributed by atoms with E-state index < -0.39 is 41.4 Å². The quantitative estimate of drug-likeness (QED) is 0.301. The van der Waals surface area contributed by atoms with E-state index in [2.05, 4.69) is 20.8 Å². The highest BCUT2D eigenvalue weighted by Crippen LogP contribution is 2.30. The molecule has 2 heterocycles. The Labute approximate surface area is 222 Å². The van der Waals surface area contributed by atoms with E-state index in [9.17, 15) is 31.5 Å². The molecule has 4 rings (SSSR count). The Morgan fingerprint density at radius 2 is 1.23 bits per heavy atom. The van der Waals surface area contributed by atoms with Crippen molar-refractivity contribution in [2.75, 3.05) is 10.6 Å². The molecule has 0 aliphatic rings. The van der Waals surface area contributed by atoms with Crippen LogP contribution in [0, 0.1) is 0 Å². The van der Waals surface area contributed by atoms with Crippen LogP contribution >= 0.6 is 0 Å². The number of nitrogens with one attached hydrogen (secondary N) is 2. The summed E-state index contributed by atoms with van der Waals surface area (Å²) in [6.45, 7) is 0. The number of anilines is 2. The molecule has 0 saturated heterocycles. The lowest BCUT2D eigenvalue weighted by atomic mass is 9.94. The van der Waals surface area contributed by atoms with Crippen molar-refractivity contribution >= 4 is 49.8 Å². The number of carbonyl (C=O) groups excluding carboxylic acids is 2. The Bertz CT molecular complexity index is 1490. The van der Waals surface area contributed by atoms with E-state index in [0.29, 0.717) is 11.2 Å². The molecule has 4 aromatic rings. The molecule has 2 amide bonds. The standard InChI is InChI=1S/C12H9BF3N3O.C12H10BF2N3O/c1-19-6-7(10(18-19)12(14,15)16)11(20)17-9-5-3-2-4-8(9)13;1-18-6-7(10(17-18)11(14)15)12(19)16-9-5-3-2-4-8(9)13/h2-6H,1H3,(H,17,20);2-6,11H,1H3,(H,16,19). The van der Waals surface area contributed by atoms with Crippen LogP contribution in [0.15, 0.2) is 60.9 Å². The van der Waals surface area contributed by atoms with E-state index >= 15 is 0 Å². The number of hydrogen-bond acceptors (Lipinski definition) is 4. The van der Waals surface area contributed by atoms with Gasteiger partial charge < -0.3 is 10.6 Å². The highest BCUT2D eigenvalue weighted by Gasteiger charge is 2.39. The number of amides is 2. The Morgan fingerprint density at radius 3 is 1.69 bits per heavy atom. The Kier molecular flexibility index (Phi) is 8.94. The summed E-state index contributed by atoms with van der Waals surface area (Å²) >= 11 is 0. The van der Waals surface area contributed by atoms with Crippen LogP contribution in [0.3, 0.4) is 0 Å². The molecule has 0 spiro atoms. The molecule has 0 atom stereocenters. The molecule has 8 nitrogen and oxygen atoms in total. The highest BCUT2D eigenvalue weighted by atomic mass is 19.4. The molecule has 2 N–H and O–H groups in total. The molecule has 0 aliphatic heterocycles.